The molecule has 0 saturated heterocycles. The summed E-state index contributed by atoms with van der Waals surface area (Å²) in [6.45, 7) is 2.43. The van der Waals surface area contributed by atoms with E-state index < -0.39 is 10.0 Å². The number of aryl methyl sites for hydroxylation is 1. The van der Waals surface area contributed by atoms with Crippen LogP contribution in [-0.4, -0.2) is 20.9 Å². The molecule has 142 valence electrons. The number of hydrogen-bond donors (Lipinski definition) is 1. The fourth-order valence-corrected chi connectivity index (χ4v) is 4.57. The second-order valence-corrected chi connectivity index (χ2v) is 8.47. The Labute approximate surface area is 164 Å². The molecule has 28 heavy (non-hydrogen) atoms. The van der Waals surface area contributed by atoms with E-state index in [0.717, 1.165) is 23.2 Å². The molecule has 1 N–H and O–H groups in total. The van der Waals surface area contributed by atoms with Gasteiger partial charge < -0.3 is 4.90 Å². The predicted octanol–water partition coefficient (Wildman–Crippen LogP) is 4.00. The molecule has 0 unspecified atom stereocenters. The molecule has 0 bridgehead atoms. The zero-order valence-electron chi connectivity index (χ0n) is 15.4. The highest BCUT2D eigenvalue weighted by Crippen LogP contribution is 2.29. The predicted molar refractivity (Wildman–Crippen MR) is 110 cm³/mol. The van der Waals surface area contributed by atoms with Crippen molar-refractivity contribution in [2.75, 3.05) is 16.2 Å². The Morgan fingerprint density at radius 2 is 1.71 bits per heavy atom. The fourth-order valence-electron chi connectivity index (χ4n) is 3.39. The lowest BCUT2D eigenvalue weighted by Gasteiger charge is -2.18. The molecule has 0 aromatic heterocycles. The molecule has 0 fully saturated rings. The number of fused-ring (bicyclic) bond motifs is 1. The van der Waals surface area contributed by atoms with E-state index in [1.807, 2.05) is 43.3 Å². The molecule has 1 heterocycles. The fraction of sp³-hybridized carbons (Fsp3) is 0.136. The smallest absolute Gasteiger partial charge is 0.261 e. The van der Waals surface area contributed by atoms with Crippen LogP contribution in [0.5, 0.6) is 0 Å². The zero-order valence-corrected chi connectivity index (χ0v) is 16.2. The van der Waals surface area contributed by atoms with Gasteiger partial charge in [0.2, 0.25) is 0 Å². The van der Waals surface area contributed by atoms with Crippen molar-refractivity contribution in [1.82, 2.24) is 0 Å². The first-order chi connectivity index (χ1) is 13.5. The number of nitrogens with zero attached hydrogens (tertiary/aromatic N) is 1. The highest BCUT2D eigenvalue weighted by atomic mass is 32.2. The first kappa shape index (κ1) is 18.3. The first-order valence-electron chi connectivity index (χ1n) is 9.04. The van der Waals surface area contributed by atoms with Crippen LogP contribution < -0.4 is 9.62 Å². The van der Waals surface area contributed by atoms with E-state index in [1.54, 1.807) is 29.2 Å². The van der Waals surface area contributed by atoms with E-state index in [-0.39, 0.29) is 10.8 Å². The second kappa shape index (κ2) is 7.13. The van der Waals surface area contributed by atoms with Gasteiger partial charge in [0.1, 0.15) is 0 Å². The van der Waals surface area contributed by atoms with Gasteiger partial charge in [-0.3, -0.25) is 9.52 Å². The van der Waals surface area contributed by atoms with Crippen molar-refractivity contribution in [2.45, 2.75) is 18.2 Å². The van der Waals surface area contributed by atoms with E-state index >= 15 is 0 Å². The van der Waals surface area contributed by atoms with Gasteiger partial charge in [-0.1, -0.05) is 42.5 Å². The number of anilines is 2. The van der Waals surface area contributed by atoms with Crippen LogP contribution in [0.15, 0.2) is 77.7 Å². The van der Waals surface area contributed by atoms with Crippen LogP contribution in [0.2, 0.25) is 0 Å². The maximum absolute atomic E-state index is 13.0. The third kappa shape index (κ3) is 3.39. The Morgan fingerprint density at radius 3 is 2.54 bits per heavy atom. The van der Waals surface area contributed by atoms with Crippen LogP contribution in [0, 0.1) is 6.92 Å². The molecular weight excluding hydrogens is 372 g/mol. The minimum absolute atomic E-state index is 0.0640. The van der Waals surface area contributed by atoms with Crippen LogP contribution >= 0.6 is 0 Å². The summed E-state index contributed by atoms with van der Waals surface area (Å²) < 4.78 is 28.2. The van der Waals surface area contributed by atoms with Crippen molar-refractivity contribution in [3.05, 3.63) is 89.5 Å². The summed E-state index contributed by atoms with van der Waals surface area (Å²) in [5.41, 5.74) is 3.71. The number of amides is 1. The van der Waals surface area contributed by atoms with Crippen LogP contribution in [0.3, 0.4) is 0 Å². The third-order valence-corrected chi connectivity index (χ3v) is 6.28. The summed E-state index contributed by atoms with van der Waals surface area (Å²) >= 11 is 0. The molecule has 3 aromatic carbocycles. The Hall–Kier alpha value is -3.12. The van der Waals surface area contributed by atoms with Gasteiger partial charge in [-0.2, -0.15) is 0 Å². The molecule has 5 nitrogen and oxygen atoms in total. The number of para-hydroxylation sites is 2. The van der Waals surface area contributed by atoms with Crippen LogP contribution in [0.1, 0.15) is 21.5 Å². The quantitative estimate of drug-likeness (QED) is 0.730. The summed E-state index contributed by atoms with van der Waals surface area (Å²) in [6.07, 6.45) is 0.800. The van der Waals surface area contributed by atoms with Gasteiger partial charge in [-0.05, 0) is 54.8 Å². The van der Waals surface area contributed by atoms with Gasteiger partial charge >= 0.3 is 0 Å². The molecule has 1 amide bonds. The average molecular weight is 392 g/mol. The summed E-state index contributed by atoms with van der Waals surface area (Å²) in [7, 11) is -3.80. The maximum Gasteiger partial charge on any atom is 0.261 e. The lowest BCUT2D eigenvalue weighted by Crippen LogP contribution is -2.29. The molecule has 0 spiro atoms. The summed E-state index contributed by atoms with van der Waals surface area (Å²) in [5.74, 6) is -0.196. The highest BCUT2D eigenvalue weighted by Gasteiger charge is 2.26. The number of hydrogen-bond acceptors (Lipinski definition) is 3. The number of sulfonamides is 1. The maximum atomic E-state index is 13.0. The van der Waals surface area contributed by atoms with Gasteiger partial charge in [0.25, 0.3) is 15.9 Å². The van der Waals surface area contributed by atoms with Crippen molar-refractivity contribution >= 4 is 27.3 Å². The minimum atomic E-state index is -3.80. The van der Waals surface area contributed by atoms with Gasteiger partial charge in [-0.25, -0.2) is 8.42 Å². The third-order valence-electron chi connectivity index (χ3n) is 4.91. The molecule has 4 rings (SSSR count). The van der Waals surface area contributed by atoms with Crippen LogP contribution in [0.4, 0.5) is 11.4 Å². The van der Waals surface area contributed by atoms with E-state index in [1.165, 1.54) is 12.1 Å². The number of carbonyl (C=O) groups is 1. The average Bonchev–Trinajstić information content (AvgIpc) is 3.13. The molecular formula is C22H20N2O3S. The Morgan fingerprint density at radius 1 is 0.964 bits per heavy atom. The van der Waals surface area contributed by atoms with Gasteiger partial charge in [-0.15, -0.1) is 0 Å². The number of nitrogens with one attached hydrogen (secondary N) is 1. The van der Waals surface area contributed by atoms with Gasteiger partial charge in [0, 0.05) is 17.8 Å². The SMILES string of the molecule is Cc1ccccc1NS(=O)(=O)c1cccc(C(=O)N2CCc3ccccc32)c1. The lowest BCUT2D eigenvalue weighted by molar-refractivity contribution is 0.0989. The van der Waals surface area contributed by atoms with Gasteiger partial charge in [0.15, 0.2) is 0 Å². The minimum Gasteiger partial charge on any atom is -0.308 e. The van der Waals surface area contributed by atoms with E-state index in [0.29, 0.717) is 17.8 Å². The largest absolute Gasteiger partial charge is 0.308 e. The number of rotatable bonds is 4. The van der Waals surface area contributed by atoms with Crippen molar-refractivity contribution in [1.29, 1.82) is 0 Å². The molecule has 0 atom stereocenters. The molecule has 1 aliphatic heterocycles. The van der Waals surface area contributed by atoms with E-state index in [4.69, 9.17) is 0 Å². The standard InChI is InChI=1S/C22H20N2O3S/c1-16-7-2-4-11-20(16)23-28(26,27)19-10-6-9-18(15-19)22(25)24-14-13-17-8-3-5-12-21(17)24/h2-12,15,23H,13-14H2,1H3. The topological polar surface area (TPSA) is 66.5 Å². The van der Waals surface area contributed by atoms with Gasteiger partial charge in [0.05, 0.1) is 10.6 Å². The molecule has 0 radical (unpaired) electrons. The van der Waals surface area contributed by atoms with Crippen molar-refractivity contribution in [3.63, 3.8) is 0 Å². The van der Waals surface area contributed by atoms with Crippen LogP contribution in [-0.2, 0) is 16.4 Å². The number of carbonyl (C=O) groups excluding carboxylic acids is 1. The van der Waals surface area contributed by atoms with Crippen LogP contribution in [0.25, 0.3) is 0 Å². The zero-order chi connectivity index (χ0) is 19.7. The molecule has 0 aliphatic carbocycles. The molecule has 6 heteroatoms. The normalized spacial score (nSPS) is 13.2. The van der Waals surface area contributed by atoms with Crippen molar-refractivity contribution in [2.24, 2.45) is 0 Å². The van der Waals surface area contributed by atoms with E-state index in [2.05, 4.69) is 4.72 Å². The molecule has 0 saturated carbocycles. The van der Waals surface area contributed by atoms with E-state index in [9.17, 15) is 13.2 Å². The van der Waals surface area contributed by atoms with Crippen molar-refractivity contribution in [3.8, 4) is 0 Å². The Kier molecular flexibility index (Phi) is 4.65. The molecule has 1 aliphatic rings. The molecule has 3 aromatic rings. The Bertz CT molecular complexity index is 1160. The summed E-state index contributed by atoms with van der Waals surface area (Å²) in [6, 6.07) is 21.1. The van der Waals surface area contributed by atoms with Crippen molar-refractivity contribution < 1.29 is 13.2 Å². The number of benzene rings is 3. The highest BCUT2D eigenvalue weighted by molar-refractivity contribution is 7.92. The summed E-state index contributed by atoms with van der Waals surface area (Å²) in [4.78, 5) is 14.8. The first-order valence-corrected chi connectivity index (χ1v) is 10.5. The second-order valence-electron chi connectivity index (χ2n) is 6.78. The Balaban J connectivity index is 1.63. The monoisotopic (exact) mass is 392 g/mol. The summed E-state index contributed by atoms with van der Waals surface area (Å²) in [5, 5.41) is 0. The lowest BCUT2D eigenvalue weighted by atomic mass is 10.1.